The van der Waals surface area contributed by atoms with Crippen molar-refractivity contribution in [3.05, 3.63) is 117 Å². The quantitative estimate of drug-likeness (QED) is 0.331. The van der Waals surface area contributed by atoms with E-state index in [4.69, 9.17) is 0 Å². The van der Waals surface area contributed by atoms with Gasteiger partial charge in [0.2, 0.25) is 0 Å². The molecule has 2 unspecified atom stereocenters. The second-order valence-corrected chi connectivity index (χ2v) is 11.3. The molecule has 7 rings (SSSR count). The zero-order chi connectivity index (χ0) is 28.1. The second-order valence-electron chi connectivity index (χ2n) is 11.3. The monoisotopic (exact) mass is 547 g/mol. The van der Waals surface area contributed by atoms with E-state index in [1.807, 2.05) is 71.6 Å². The highest BCUT2D eigenvalue weighted by atomic mass is 16.3. The van der Waals surface area contributed by atoms with Crippen LogP contribution in [0.5, 0.6) is 0 Å². The number of aromatic nitrogens is 2. The van der Waals surface area contributed by atoms with Crippen LogP contribution >= 0.6 is 0 Å². The van der Waals surface area contributed by atoms with Crippen molar-refractivity contribution in [2.75, 3.05) is 31.5 Å². The second kappa shape index (κ2) is 10.2. The molecule has 1 aliphatic carbocycles. The van der Waals surface area contributed by atoms with Crippen molar-refractivity contribution in [1.29, 1.82) is 0 Å². The number of aliphatic hydroxyl groups excluding tert-OH is 1. The van der Waals surface area contributed by atoms with Crippen LogP contribution in [0.25, 0.3) is 10.8 Å². The summed E-state index contributed by atoms with van der Waals surface area (Å²) in [4.78, 5) is 30.7. The van der Waals surface area contributed by atoms with E-state index >= 15 is 0 Å². The van der Waals surface area contributed by atoms with Crippen LogP contribution in [-0.2, 0) is 6.61 Å². The molecule has 0 bridgehead atoms. The van der Waals surface area contributed by atoms with Gasteiger partial charge in [0.25, 0.3) is 11.5 Å². The van der Waals surface area contributed by atoms with Crippen LogP contribution in [0.3, 0.4) is 0 Å². The fourth-order valence-corrected chi connectivity index (χ4v) is 6.37. The van der Waals surface area contributed by atoms with Crippen molar-refractivity contribution in [3.8, 4) is 0 Å². The first kappa shape index (κ1) is 25.5. The van der Waals surface area contributed by atoms with E-state index in [1.165, 1.54) is 18.5 Å². The Morgan fingerprint density at radius 2 is 1.68 bits per heavy atom. The lowest BCUT2D eigenvalue weighted by atomic mass is 9.79. The first-order valence-corrected chi connectivity index (χ1v) is 14.3. The molecule has 8 heteroatoms. The molecule has 4 aromatic rings. The van der Waals surface area contributed by atoms with Crippen LogP contribution in [0.4, 0.5) is 5.69 Å². The van der Waals surface area contributed by atoms with Gasteiger partial charge in [-0.3, -0.25) is 9.59 Å². The third kappa shape index (κ3) is 4.58. The molecule has 8 nitrogen and oxygen atoms in total. The van der Waals surface area contributed by atoms with Crippen LogP contribution in [0, 0.1) is 5.92 Å². The molecular formula is C33H33N5O3. The number of H-pyrrole nitrogens is 1. The molecule has 208 valence electrons. The lowest BCUT2D eigenvalue weighted by Gasteiger charge is -2.37. The number of piperazine rings is 1. The number of allylic oxidation sites excluding steroid dienone is 1. The highest BCUT2D eigenvalue weighted by Crippen LogP contribution is 2.46. The zero-order valence-electron chi connectivity index (χ0n) is 22.8. The highest BCUT2D eigenvalue weighted by molar-refractivity contribution is 5.98. The van der Waals surface area contributed by atoms with Gasteiger partial charge in [-0.1, -0.05) is 49.0 Å². The van der Waals surface area contributed by atoms with Crippen molar-refractivity contribution in [2.45, 2.75) is 31.4 Å². The van der Waals surface area contributed by atoms with Crippen LogP contribution < -0.4 is 10.9 Å². The molecular weight excluding hydrogens is 514 g/mol. The molecule has 1 saturated heterocycles. The summed E-state index contributed by atoms with van der Waals surface area (Å²) in [6, 6.07) is 21.1. The van der Waals surface area contributed by atoms with E-state index in [2.05, 4.69) is 27.0 Å². The summed E-state index contributed by atoms with van der Waals surface area (Å²) >= 11 is 0. The number of aliphatic hydroxyl groups is 1. The first-order valence-electron chi connectivity index (χ1n) is 14.3. The van der Waals surface area contributed by atoms with Crippen molar-refractivity contribution in [3.63, 3.8) is 0 Å². The number of hydrogen-bond acceptors (Lipinski definition) is 6. The normalized spacial score (nSPS) is 20.1. The van der Waals surface area contributed by atoms with E-state index in [9.17, 15) is 14.7 Å². The Hall–Kier alpha value is -4.43. The average molecular weight is 548 g/mol. The molecule has 2 fully saturated rings. The topological polar surface area (TPSA) is 102 Å². The molecule has 0 radical (unpaired) electrons. The zero-order valence-corrected chi connectivity index (χ0v) is 22.8. The third-order valence-corrected chi connectivity index (χ3v) is 8.82. The highest BCUT2D eigenvalue weighted by Gasteiger charge is 2.36. The number of anilines is 1. The minimum atomic E-state index is -0.268. The summed E-state index contributed by atoms with van der Waals surface area (Å²) < 4.78 is 0. The molecule has 2 aliphatic heterocycles. The SMILES string of the molecule is C=C(C1CC1)N1CCN(C(=O)c2cccc(C3c4n[nH]c(=O)c5cccc(c45)NC3c3ccc(CO)cc3)c2)CC1. The summed E-state index contributed by atoms with van der Waals surface area (Å²) in [6.07, 6.45) is 2.46. The van der Waals surface area contributed by atoms with Gasteiger partial charge in [0.05, 0.1) is 29.6 Å². The number of carbonyl (C=O) groups excluding carboxylic acids is 1. The van der Waals surface area contributed by atoms with Crippen LogP contribution in [0.15, 0.2) is 83.8 Å². The van der Waals surface area contributed by atoms with Crippen molar-refractivity contribution in [1.82, 2.24) is 20.0 Å². The smallest absolute Gasteiger partial charge is 0.272 e. The summed E-state index contributed by atoms with van der Waals surface area (Å²) in [5, 5.41) is 21.9. The maximum atomic E-state index is 13.7. The van der Waals surface area contributed by atoms with Crippen molar-refractivity contribution >= 4 is 22.4 Å². The number of rotatable bonds is 6. The molecule has 41 heavy (non-hydrogen) atoms. The number of benzene rings is 3. The number of aromatic amines is 1. The minimum Gasteiger partial charge on any atom is -0.392 e. The van der Waals surface area contributed by atoms with Crippen LogP contribution in [0.2, 0.25) is 0 Å². The molecule has 2 atom stereocenters. The summed E-state index contributed by atoms with van der Waals surface area (Å²) in [5.74, 6) is 0.385. The molecule has 1 saturated carbocycles. The Morgan fingerprint density at radius 3 is 2.41 bits per heavy atom. The van der Waals surface area contributed by atoms with E-state index < -0.39 is 0 Å². The minimum absolute atomic E-state index is 0.0242. The fraction of sp³-hybridized carbons (Fsp3) is 0.303. The lowest BCUT2D eigenvalue weighted by molar-refractivity contribution is 0.0665. The van der Waals surface area contributed by atoms with Gasteiger partial charge in [0, 0.05) is 48.5 Å². The van der Waals surface area contributed by atoms with Gasteiger partial charge in [-0.05, 0) is 59.7 Å². The maximum Gasteiger partial charge on any atom is 0.272 e. The number of amides is 1. The molecule has 3 N–H and O–H groups in total. The number of nitrogens with zero attached hydrogens (tertiary/aromatic N) is 3. The molecule has 3 aromatic carbocycles. The van der Waals surface area contributed by atoms with E-state index in [0.29, 0.717) is 30.0 Å². The van der Waals surface area contributed by atoms with Crippen molar-refractivity contribution < 1.29 is 9.90 Å². The molecule has 1 aromatic heterocycles. The Morgan fingerprint density at radius 1 is 0.951 bits per heavy atom. The molecule has 3 aliphatic rings. The van der Waals surface area contributed by atoms with Gasteiger partial charge in [0.1, 0.15) is 0 Å². The molecule has 3 heterocycles. The number of hydrogen-bond donors (Lipinski definition) is 3. The van der Waals surface area contributed by atoms with Crippen LogP contribution in [0.1, 0.15) is 57.5 Å². The number of carbonyl (C=O) groups is 1. The molecule has 1 amide bonds. The Kier molecular flexibility index (Phi) is 6.35. The average Bonchev–Trinajstić information content (AvgIpc) is 3.88. The van der Waals surface area contributed by atoms with Gasteiger partial charge < -0.3 is 20.2 Å². The lowest BCUT2D eigenvalue weighted by Crippen LogP contribution is -2.48. The summed E-state index contributed by atoms with van der Waals surface area (Å²) in [6.45, 7) is 7.24. The maximum absolute atomic E-state index is 13.7. The van der Waals surface area contributed by atoms with Gasteiger partial charge in [-0.15, -0.1) is 0 Å². The van der Waals surface area contributed by atoms with Crippen LogP contribution in [-0.4, -0.2) is 57.2 Å². The first-order chi connectivity index (χ1) is 20.0. The largest absolute Gasteiger partial charge is 0.392 e. The van der Waals surface area contributed by atoms with Crippen molar-refractivity contribution in [2.24, 2.45) is 5.92 Å². The van der Waals surface area contributed by atoms with E-state index in [-0.39, 0.29) is 30.0 Å². The summed E-state index contributed by atoms with van der Waals surface area (Å²) in [7, 11) is 0. The standard InChI is InChI=1S/C33H33N5O3/c1-20(22-12-13-22)37-14-16-38(17-15-37)33(41)25-5-2-4-24(18-25)28-30(23-10-8-21(19-39)9-11-23)34-27-7-3-6-26-29(27)31(28)35-36-32(26)40/h2-11,18,22,28,30,34,39H,1,12-17,19H2,(H,36,40). The molecule has 0 spiro atoms. The Bertz CT molecular complexity index is 1700. The van der Waals surface area contributed by atoms with E-state index in [0.717, 1.165) is 46.5 Å². The Balaban J connectivity index is 1.25. The van der Waals surface area contributed by atoms with Gasteiger partial charge in [-0.2, -0.15) is 5.10 Å². The third-order valence-electron chi connectivity index (χ3n) is 8.82. The summed E-state index contributed by atoms with van der Waals surface area (Å²) in [5.41, 5.74) is 6.04. The Labute approximate surface area is 238 Å². The van der Waals surface area contributed by atoms with Gasteiger partial charge in [-0.25, -0.2) is 5.10 Å². The predicted octanol–water partition coefficient (Wildman–Crippen LogP) is 4.40. The van der Waals surface area contributed by atoms with Gasteiger partial charge in [0.15, 0.2) is 0 Å². The fourth-order valence-electron chi connectivity index (χ4n) is 6.37. The van der Waals surface area contributed by atoms with Gasteiger partial charge >= 0.3 is 0 Å². The van der Waals surface area contributed by atoms with E-state index in [1.54, 1.807) is 0 Å². The number of nitrogens with one attached hydrogen (secondary N) is 2. The predicted molar refractivity (Wildman–Crippen MR) is 159 cm³/mol.